The van der Waals surface area contributed by atoms with Gasteiger partial charge in [-0.15, -0.1) is 24.0 Å². The first-order valence-electron chi connectivity index (χ1n) is 9.04. The van der Waals surface area contributed by atoms with Gasteiger partial charge in [0.05, 0.1) is 0 Å². The molecule has 0 amide bonds. The molecule has 5 heteroatoms. The average molecular weight is 460 g/mol. The maximum atomic E-state index is 6.11. The maximum absolute atomic E-state index is 6.11. The van der Waals surface area contributed by atoms with Gasteiger partial charge in [0.15, 0.2) is 5.96 Å². The van der Waals surface area contributed by atoms with Crippen molar-refractivity contribution in [3.05, 3.63) is 65.4 Å². The average Bonchev–Trinajstić information content (AvgIpc) is 3.05. The highest BCUT2D eigenvalue weighted by Gasteiger charge is 2.13. The van der Waals surface area contributed by atoms with Gasteiger partial charge in [0.1, 0.15) is 0 Å². The van der Waals surface area contributed by atoms with Crippen LogP contribution in [0.1, 0.15) is 29.7 Å². The van der Waals surface area contributed by atoms with Gasteiger partial charge in [-0.05, 0) is 60.4 Å². The second-order valence-electron chi connectivity index (χ2n) is 6.67. The molecular weight excluding hydrogens is 435 g/mol. The lowest BCUT2D eigenvalue weighted by molar-refractivity contribution is 0.687. The van der Waals surface area contributed by atoms with Crippen LogP contribution < -0.4 is 11.1 Å². The Labute approximate surface area is 171 Å². The van der Waals surface area contributed by atoms with E-state index in [2.05, 4.69) is 57.8 Å². The lowest BCUT2D eigenvalue weighted by Gasteiger charge is -2.19. The molecule has 0 radical (unpaired) electrons. The van der Waals surface area contributed by atoms with Gasteiger partial charge < -0.3 is 16.0 Å². The second-order valence-corrected chi connectivity index (χ2v) is 6.67. The Kier molecular flexibility index (Phi) is 6.19. The molecule has 0 bridgehead atoms. The van der Waals surface area contributed by atoms with Crippen LogP contribution in [0.5, 0.6) is 0 Å². The predicted molar refractivity (Wildman–Crippen MR) is 121 cm³/mol. The zero-order valence-corrected chi connectivity index (χ0v) is 17.1. The van der Waals surface area contributed by atoms with Crippen LogP contribution in [0.2, 0.25) is 0 Å². The molecule has 0 unspecified atom stereocenters. The summed E-state index contributed by atoms with van der Waals surface area (Å²) >= 11 is 0. The molecule has 2 aromatic carbocycles. The first kappa shape index (κ1) is 18.8. The SMILES string of the molecule is I.NC(=NCCc1cc2ccccc2[nH]1)Nc1cccc2c1CCCC2. The molecule has 1 aliphatic carbocycles. The van der Waals surface area contributed by atoms with Crippen LogP contribution in [0.25, 0.3) is 10.9 Å². The molecule has 4 nitrogen and oxygen atoms in total. The van der Waals surface area contributed by atoms with Crippen molar-refractivity contribution in [3.8, 4) is 0 Å². The summed E-state index contributed by atoms with van der Waals surface area (Å²) in [5.41, 5.74) is 12.4. The number of aromatic nitrogens is 1. The van der Waals surface area contributed by atoms with Gasteiger partial charge in [-0.1, -0.05) is 30.3 Å². The molecule has 0 saturated carbocycles. The molecule has 0 fully saturated rings. The van der Waals surface area contributed by atoms with Crippen molar-refractivity contribution in [1.29, 1.82) is 0 Å². The molecular formula is C21H25IN4. The Morgan fingerprint density at radius 1 is 1.08 bits per heavy atom. The van der Waals surface area contributed by atoms with E-state index in [1.165, 1.54) is 47.0 Å². The fraction of sp³-hybridized carbons (Fsp3) is 0.286. The van der Waals surface area contributed by atoms with Crippen LogP contribution in [0.15, 0.2) is 53.5 Å². The molecule has 0 saturated heterocycles. The number of guanidine groups is 1. The Morgan fingerprint density at radius 3 is 2.81 bits per heavy atom. The summed E-state index contributed by atoms with van der Waals surface area (Å²) in [5, 5.41) is 4.54. The summed E-state index contributed by atoms with van der Waals surface area (Å²) in [6.45, 7) is 0.667. The smallest absolute Gasteiger partial charge is 0.193 e. The number of hydrogen-bond acceptors (Lipinski definition) is 1. The molecule has 4 N–H and O–H groups in total. The predicted octanol–water partition coefficient (Wildman–Crippen LogP) is 4.63. The lowest BCUT2D eigenvalue weighted by atomic mass is 9.90. The standard InChI is InChI=1S/C21H24N4.HI/c22-21(25-20-11-5-8-15-6-1-3-9-18(15)20)23-13-12-17-14-16-7-2-4-10-19(16)24-17;/h2,4-5,7-8,10-11,14,24H,1,3,6,9,12-13H2,(H3,22,23,25);1H. The Balaban J connectivity index is 0.00000196. The first-order chi connectivity index (χ1) is 12.3. The molecule has 3 aromatic rings. The van der Waals surface area contributed by atoms with E-state index in [-0.39, 0.29) is 24.0 Å². The number of aromatic amines is 1. The number of H-pyrrole nitrogens is 1. The molecule has 136 valence electrons. The highest BCUT2D eigenvalue weighted by atomic mass is 127. The third kappa shape index (κ3) is 4.20. The van der Waals surface area contributed by atoms with Gasteiger partial charge in [-0.3, -0.25) is 4.99 Å². The summed E-state index contributed by atoms with van der Waals surface area (Å²) < 4.78 is 0. The molecule has 4 rings (SSSR count). The van der Waals surface area contributed by atoms with E-state index in [0.717, 1.165) is 18.5 Å². The van der Waals surface area contributed by atoms with Crippen LogP contribution >= 0.6 is 24.0 Å². The molecule has 0 spiro atoms. The van der Waals surface area contributed by atoms with Crippen molar-refractivity contribution in [1.82, 2.24) is 4.98 Å². The quantitative estimate of drug-likeness (QED) is 0.302. The largest absolute Gasteiger partial charge is 0.370 e. The van der Waals surface area contributed by atoms with Crippen molar-refractivity contribution in [2.75, 3.05) is 11.9 Å². The van der Waals surface area contributed by atoms with Gasteiger partial charge >= 0.3 is 0 Å². The van der Waals surface area contributed by atoms with Crippen molar-refractivity contribution in [2.45, 2.75) is 32.1 Å². The topological polar surface area (TPSA) is 66.2 Å². The van der Waals surface area contributed by atoms with E-state index in [4.69, 9.17) is 5.73 Å². The number of aryl methyl sites for hydroxylation is 1. The van der Waals surface area contributed by atoms with Crippen molar-refractivity contribution in [3.63, 3.8) is 0 Å². The fourth-order valence-corrected chi connectivity index (χ4v) is 3.64. The fourth-order valence-electron chi connectivity index (χ4n) is 3.64. The first-order valence-corrected chi connectivity index (χ1v) is 9.04. The van der Waals surface area contributed by atoms with Crippen molar-refractivity contribution in [2.24, 2.45) is 10.7 Å². The lowest BCUT2D eigenvalue weighted by Crippen LogP contribution is -2.24. The van der Waals surface area contributed by atoms with Gasteiger partial charge in [0.25, 0.3) is 0 Å². The molecule has 1 heterocycles. The van der Waals surface area contributed by atoms with E-state index in [9.17, 15) is 0 Å². The van der Waals surface area contributed by atoms with Crippen LogP contribution in [0, 0.1) is 0 Å². The monoisotopic (exact) mass is 460 g/mol. The minimum absolute atomic E-state index is 0. The molecule has 26 heavy (non-hydrogen) atoms. The third-order valence-electron chi connectivity index (χ3n) is 4.91. The van der Waals surface area contributed by atoms with Gasteiger partial charge in [-0.25, -0.2) is 0 Å². The third-order valence-corrected chi connectivity index (χ3v) is 4.91. The molecule has 0 atom stereocenters. The van der Waals surface area contributed by atoms with Gasteiger partial charge in [-0.2, -0.15) is 0 Å². The van der Waals surface area contributed by atoms with E-state index < -0.39 is 0 Å². The number of benzene rings is 2. The van der Waals surface area contributed by atoms with Crippen molar-refractivity contribution < 1.29 is 0 Å². The summed E-state index contributed by atoms with van der Waals surface area (Å²) in [6, 6.07) is 16.9. The zero-order chi connectivity index (χ0) is 17.1. The van der Waals surface area contributed by atoms with Crippen LogP contribution in [-0.2, 0) is 19.3 Å². The number of hydrogen-bond donors (Lipinski definition) is 3. The van der Waals surface area contributed by atoms with E-state index in [0.29, 0.717) is 12.5 Å². The molecule has 0 aliphatic heterocycles. The number of halogens is 1. The number of aliphatic imine (C=N–C) groups is 1. The number of anilines is 1. The van der Waals surface area contributed by atoms with E-state index >= 15 is 0 Å². The number of fused-ring (bicyclic) bond motifs is 2. The van der Waals surface area contributed by atoms with Crippen LogP contribution in [0.4, 0.5) is 5.69 Å². The second kappa shape index (κ2) is 8.58. The molecule has 1 aliphatic rings. The Bertz CT molecular complexity index is 880. The summed E-state index contributed by atoms with van der Waals surface area (Å²) in [4.78, 5) is 7.93. The summed E-state index contributed by atoms with van der Waals surface area (Å²) in [7, 11) is 0. The number of nitrogens with two attached hydrogens (primary N) is 1. The van der Waals surface area contributed by atoms with E-state index in [1.807, 2.05) is 6.07 Å². The Morgan fingerprint density at radius 2 is 1.92 bits per heavy atom. The summed E-state index contributed by atoms with van der Waals surface area (Å²) in [5.74, 6) is 0.495. The number of rotatable bonds is 4. The Hall–Kier alpha value is -2.02. The van der Waals surface area contributed by atoms with Crippen LogP contribution in [-0.4, -0.2) is 17.5 Å². The van der Waals surface area contributed by atoms with E-state index in [1.54, 1.807) is 0 Å². The highest BCUT2D eigenvalue weighted by molar-refractivity contribution is 14.0. The summed E-state index contributed by atoms with van der Waals surface area (Å²) in [6.07, 6.45) is 5.68. The van der Waals surface area contributed by atoms with Crippen LogP contribution in [0.3, 0.4) is 0 Å². The highest BCUT2D eigenvalue weighted by Crippen LogP contribution is 2.27. The minimum atomic E-state index is 0. The normalized spacial score (nSPS) is 13.9. The number of para-hydroxylation sites is 1. The van der Waals surface area contributed by atoms with Gasteiger partial charge in [0, 0.05) is 29.9 Å². The maximum Gasteiger partial charge on any atom is 0.193 e. The number of nitrogens with zero attached hydrogens (tertiary/aromatic N) is 1. The zero-order valence-electron chi connectivity index (χ0n) is 14.8. The minimum Gasteiger partial charge on any atom is -0.370 e. The van der Waals surface area contributed by atoms with Crippen molar-refractivity contribution >= 4 is 46.5 Å². The molecule has 1 aromatic heterocycles. The van der Waals surface area contributed by atoms with Gasteiger partial charge in [0.2, 0.25) is 0 Å². The number of nitrogens with one attached hydrogen (secondary N) is 2.